The molecule has 2 amide bonds. The van der Waals surface area contributed by atoms with E-state index >= 15 is 0 Å². The van der Waals surface area contributed by atoms with Crippen molar-refractivity contribution < 1.29 is 19.1 Å². The van der Waals surface area contributed by atoms with Gasteiger partial charge in [0.15, 0.2) is 0 Å². The minimum absolute atomic E-state index is 0.0701. The topological polar surface area (TPSA) is 67.9 Å². The maximum absolute atomic E-state index is 12.8. The minimum atomic E-state index is -0.453. The molecule has 144 valence electrons. The first-order chi connectivity index (χ1) is 12.2. The summed E-state index contributed by atoms with van der Waals surface area (Å²) in [7, 11) is 3.02. The number of likely N-dealkylation sites (tertiary alicyclic amines) is 1. The number of carbonyl (C=O) groups excluding carboxylic acids is 2. The zero-order valence-corrected chi connectivity index (χ0v) is 16.8. The van der Waals surface area contributed by atoms with E-state index in [1.54, 1.807) is 17.0 Å². The first-order valence-electron chi connectivity index (χ1n) is 8.69. The zero-order chi connectivity index (χ0) is 19.5. The molecule has 26 heavy (non-hydrogen) atoms. The summed E-state index contributed by atoms with van der Waals surface area (Å²) in [5.41, 5.74) is 0.0449. The van der Waals surface area contributed by atoms with Crippen molar-refractivity contribution in [1.82, 2.24) is 4.90 Å². The summed E-state index contributed by atoms with van der Waals surface area (Å²) in [4.78, 5) is 27.1. The number of methoxy groups -OCH3 is 2. The number of hydrogen-bond donors (Lipinski definition) is 1. The van der Waals surface area contributed by atoms with E-state index < -0.39 is 5.41 Å². The molecule has 1 fully saturated rings. The number of rotatable bonds is 4. The molecule has 1 heterocycles. The monoisotopic (exact) mass is 382 g/mol. The number of benzene rings is 1. The van der Waals surface area contributed by atoms with E-state index in [0.717, 1.165) is 12.8 Å². The van der Waals surface area contributed by atoms with Crippen LogP contribution in [0, 0.1) is 11.3 Å². The fourth-order valence-corrected chi connectivity index (χ4v) is 3.27. The number of amides is 2. The lowest BCUT2D eigenvalue weighted by Gasteiger charge is -2.36. The largest absolute Gasteiger partial charge is 0.495 e. The average molecular weight is 383 g/mol. The zero-order valence-electron chi connectivity index (χ0n) is 16.0. The Balaban J connectivity index is 2.13. The summed E-state index contributed by atoms with van der Waals surface area (Å²) >= 11 is 6.10. The van der Waals surface area contributed by atoms with Gasteiger partial charge in [-0.2, -0.15) is 0 Å². The van der Waals surface area contributed by atoms with Gasteiger partial charge in [0, 0.05) is 30.6 Å². The normalized spacial score (nSPS) is 17.6. The molecule has 1 atom stereocenters. The number of ether oxygens (including phenoxy) is 2. The third-order valence-corrected chi connectivity index (χ3v) is 4.75. The van der Waals surface area contributed by atoms with E-state index in [0.29, 0.717) is 35.3 Å². The van der Waals surface area contributed by atoms with Crippen LogP contribution in [0.4, 0.5) is 5.69 Å². The van der Waals surface area contributed by atoms with Crippen molar-refractivity contribution in [3.63, 3.8) is 0 Å². The number of halogens is 1. The second-order valence-electron chi connectivity index (χ2n) is 7.52. The molecule has 0 spiro atoms. The number of piperidine rings is 1. The third kappa shape index (κ3) is 4.61. The smallest absolute Gasteiger partial charge is 0.229 e. The lowest BCUT2D eigenvalue weighted by molar-refractivity contribution is -0.142. The first-order valence-corrected chi connectivity index (χ1v) is 9.07. The highest BCUT2D eigenvalue weighted by atomic mass is 35.5. The van der Waals surface area contributed by atoms with Gasteiger partial charge in [0.05, 0.1) is 30.8 Å². The first kappa shape index (κ1) is 20.4. The van der Waals surface area contributed by atoms with Crippen LogP contribution in [0.5, 0.6) is 11.5 Å². The Labute approximate surface area is 159 Å². The Morgan fingerprint density at radius 3 is 2.42 bits per heavy atom. The highest BCUT2D eigenvalue weighted by molar-refractivity contribution is 6.32. The molecule has 1 unspecified atom stereocenters. The van der Waals surface area contributed by atoms with Crippen LogP contribution in [-0.4, -0.2) is 44.0 Å². The summed E-state index contributed by atoms with van der Waals surface area (Å²) in [6.45, 7) is 6.80. The SMILES string of the molecule is COc1cc(NC(=O)C2CCCN(C(=O)C(C)(C)C)C2)c(OC)cc1Cl. The molecule has 1 aromatic rings. The van der Waals surface area contributed by atoms with E-state index in [9.17, 15) is 9.59 Å². The van der Waals surface area contributed by atoms with Crippen LogP contribution in [0.1, 0.15) is 33.6 Å². The Kier molecular flexibility index (Phi) is 6.39. The fourth-order valence-electron chi connectivity index (χ4n) is 3.04. The molecule has 1 aliphatic heterocycles. The van der Waals surface area contributed by atoms with Gasteiger partial charge in [0.1, 0.15) is 11.5 Å². The van der Waals surface area contributed by atoms with Gasteiger partial charge in [0.25, 0.3) is 0 Å². The predicted molar refractivity (Wildman–Crippen MR) is 102 cm³/mol. The molecule has 0 radical (unpaired) electrons. The predicted octanol–water partition coefficient (Wildman–Crippen LogP) is 3.58. The van der Waals surface area contributed by atoms with E-state index in [4.69, 9.17) is 21.1 Å². The highest BCUT2D eigenvalue weighted by Crippen LogP contribution is 2.36. The van der Waals surface area contributed by atoms with Crippen molar-refractivity contribution in [2.24, 2.45) is 11.3 Å². The molecule has 0 saturated carbocycles. The maximum atomic E-state index is 12.8. The Morgan fingerprint density at radius 2 is 1.85 bits per heavy atom. The van der Waals surface area contributed by atoms with Crippen molar-refractivity contribution in [2.75, 3.05) is 32.6 Å². The van der Waals surface area contributed by atoms with Gasteiger partial charge in [-0.1, -0.05) is 32.4 Å². The third-order valence-electron chi connectivity index (χ3n) is 4.45. The van der Waals surface area contributed by atoms with Crippen molar-refractivity contribution in [1.29, 1.82) is 0 Å². The minimum Gasteiger partial charge on any atom is -0.495 e. The molecule has 6 nitrogen and oxygen atoms in total. The van der Waals surface area contributed by atoms with Crippen LogP contribution in [0.2, 0.25) is 5.02 Å². The number of nitrogens with one attached hydrogen (secondary N) is 1. The molecule has 1 saturated heterocycles. The van der Waals surface area contributed by atoms with Crippen molar-refractivity contribution >= 4 is 29.1 Å². The van der Waals surface area contributed by atoms with E-state index in [2.05, 4.69) is 5.32 Å². The van der Waals surface area contributed by atoms with Crippen LogP contribution >= 0.6 is 11.6 Å². The van der Waals surface area contributed by atoms with Gasteiger partial charge in [-0.3, -0.25) is 9.59 Å². The van der Waals surface area contributed by atoms with Crippen LogP contribution in [-0.2, 0) is 9.59 Å². The molecular formula is C19H27ClN2O4. The summed E-state index contributed by atoms with van der Waals surface area (Å²) in [6.07, 6.45) is 1.55. The van der Waals surface area contributed by atoms with Crippen LogP contribution in [0.25, 0.3) is 0 Å². The molecule has 2 rings (SSSR count). The van der Waals surface area contributed by atoms with Crippen LogP contribution in [0.3, 0.4) is 0 Å². The Bertz CT molecular complexity index is 685. The standard InChI is InChI=1S/C19H27ClN2O4/c1-19(2,3)18(24)22-8-6-7-12(11-22)17(23)21-14-10-15(25-4)13(20)9-16(14)26-5/h9-10,12H,6-8,11H2,1-5H3,(H,21,23). The molecule has 0 aliphatic carbocycles. The second-order valence-corrected chi connectivity index (χ2v) is 7.92. The lowest BCUT2D eigenvalue weighted by atomic mass is 9.91. The molecule has 1 aliphatic rings. The van der Waals surface area contributed by atoms with Crippen LogP contribution < -0.4 is 14.8 Å². The van der Waals surface area contributed by atoms with E-state index in [1.807, 2.05) is 20.8 Å². The number of carbonyl (C=O) groups is 2. The Hall–Kier alpha value is -1.95. The van der Waals surface area contributed by atoms with Crippen LogP contribution in [0.15, 0.2) is 12.1 Å². The molecule has 7 heteroatoms. The maximum Gasteiger partial charge on any atom is 0.229 e. The van der Waals surface area contributed by atoms with Gasteiger partial charge in [-0.15, -0.1) is 0 Å². The van der Waals surface area contributed by atoms with Crippen molar-refractivity contribution in [3.05, 3.63) is 17.2 Å². The molecular weight excluding hydrogens is 356 g/mol. The summed E-state index contributed by atoms with van der Waals surface area (Å²) in [5, 5.41) is 3.30. The number of hydrogen-bond acceptors (Lipinski definition) is 4. The second kappa shape index (κ2) is 8.16. The summed E-state index contributed by atoms with van der Waals surface area (Å²) in [5.74, 6) is 0.583. The van der Waals surface area contributed by atoms with Gasteiger partial charge in [0.2, 0.25) is 11.8 Å². The van der Waals surface area contributed by atoms with Gasteiger partial charge in [-0.25, -0.2) is 0 Å². The molecule has 0 aromatic heterocycles. The molecule has 1 aromatic carbocycles. The quantitative estimate of drug-likeness (QED) is 0.864. The van der Waals surface area contributed by atoms with E-state index in [1.165, 1.54) is 14.2 Å². The Morgan fingerprint density at radius 1 is 1.19 bits per heavy atom. The highest BCUT2D eigenvalue weighted by Gasteiger charge is 2.33. The van der Waals surface area contributed by atoms with Gasteiger partial charge < -0.3 is 19.7 Å². The number of anilines is 1. The van der Waals surface area contributed by atoms with Crippen molar-refractivity contribution in [3.8, 4) is 11.5 Å². The van der Waals surface area contributed by atoms with E-state index in [-0.39, 0.29) is 17.7 Å². The molecule has 0 bridgehead atoms. The lowest BCUT2D eigenvalue weighted by Crippen LogP contribution is -2.47. The average Bonchev–Trinajstić information content (AvgIpc) is 2.61. The fraction of sp³-hybridized carbons (Fsp3) is 0.579. The van der Waals surface area contributed by atoms with Gasteiger partial charge in [-0.05, 0) is 12.8 Å². The summed E-state index contributed by atoms with van der Waals surface area (Å²) in [6, 6.07) is 3.24. The summed E-state index contributed by atoms with van der Waals surface area (Å²) < 4.78 is 10.5. The van der Waals surface area contributed by atoms with Crippen molar-refractivity contribution in [2.45, 2.75) is 33.6 Å². The van der Waals surface area contributed by atoms with Gasteiger partial charge >= 0.3 is 0 Å². The molecule has 1 N–H and O–H groups in total. The number of nitrogens with zero attached hydrogens (tertiary/aromatic N) is 1.